The number of halogens is 1. The van der Waals surface area contributed by atoms with E-state index in [1.54, 1.807) is 23.5 Å². The van der Waals surface area contributed by atoms with E-state index in [-0.39, 0.29) is 18.0 Å². The van der Waals surface area contributed by atoms with Gasteiger partial charge in [-0.05, 0) is 41.8 Å². The van der Waals surface area contributed by atoms with Gasteiger partial charge in [0.25, 0.3) is 0 Å². The van der Waals surface area contributed by atoms with Crippen molar-refractivity contribution in [2.45, 2.75) is 4.90 Å². The molecule has 0 radical (unpaired) electrons. The van der Waals surface area contributed by atoms with Crippen LogP contribution in [0.25, 0.3) is 10.6 Å². The van der Waals surface area contributed by atoms with Crippen molar-refractivity contribution >= 4 is 21.4 Å². The molecule has 0 spiro atoms. The third-order valence-corrected chi connectivity index (χ3v) is 5.55. The highest BCUT2D eigenvalue weighted by Crippen LogP contribution is 2.22. The molecule has 0 amide bonds. The topological polar surface area (TPSA) is 81.2 Å². The summed E-state index contributed by atoms with van der Waals surface area (Å²) < 4.78 is 44.6. The minimum Gasteiger partial charge on any atom is -0.475 e. The number of thiophene rings is 1. The van der Waals surface area contributed by atoms with E-state index in [1.165, 1.54) is 12.1 Å². The van der Waals surface area contributed by atoms with Gasteiger partial charge in [0.1, 0.15) is 18.1 Å². The third kappa shape index (κ3) is 4.59. The number of nitrogens with one attached hydrogen (secondary N) is 1. The summed E-state index contributed by atoms with van der Waals surface area (Å²) in [6, 6.07) is 11.9. The van der Waals surface area contributed by atoms with Crippen molar-refractivity contribution in [3.05, 3.63) is 59.7 Å². The molecule has 1 aromatic carbocycles. The van der Waals surface area contributed by atoms with E-state index >= 15 is 0 Å². The Morgan fingerprint density at radius 2 is 1.88 bits per heavy atom. The Labute approximate surface area is 148 Å². The standard InChI is InChI=1S/C16H14FN3O3S2/c17-12-3-5-13(6-4-12)25(21,22)18-9-10-23-16-8-7-14(19-20-16)15-2-1-11-24-15/h1-8,11,18H,9-10H2. The van der Waals surface area contributed by atoms with Crippen molar-refractivity contribution in [2.75, 3.05) is 13.2 Å². The zero-order valence-corrected chi connectivity index (χ0v) is 14.6. The highest BCUT2D eigenvalue weighted by atomic mass is 32.2. The van der Waals surface area contributed by atoms with Crippen LogP contribution in [0.2, 0.25) is 0 Å². The molecular weight excluding hydrogens is 365 g/mol. The molecule has 0 aliphatic rings. The molecule has 1 N–H and O–H groups in total. The molecule has 2 heterocycles. The van der Waals surface area contributed by atoms with Crippen LogP contribution in [0.15, 0.2) is 58.8 Å². The Bertz CT molecular complexity index is 912. The molecule has 0 aliphatic heterocycles. The van der Waals surface area contributed by atoms with Gasteiger partial charge in [0, 0.05) is 12.6 Å². The fourth-order valence-electron chi connectivity index (χ4n) is 1.98. The number of benzene rings is 1. The van der Waals surface area contributed by atoms with E-state index in [0.29, 0.717) is 5.88 Å². The maximum absolute atomic E-state index is 12.8. The fourth-order valence-corrected chi connectivity index (χ4v) is 3.69. The van der Waals surface area contributed by atoms with Crippen LogP contribution in [-0.4, -0.2) is 31.8 Å². The molecular formula is C16H14FN3O3S2. The molecule has 3 rings (SSSR count). The van der Waals surface area contributed by atoms with Gasteiger partial charge in [-0.1, -0.05) is 6.07 Å². The molecule has 9 heteroatoms. The summed E-state index contributed by atoms with van der Waals surface area (Å²) in [6.07, 6.45) is 0. The van der Waals surface area contributed by atoms with Gasteiger partial charge in [0.2, 0.25) is 15.9 Å². The van der Waals surface area contributed by atoms with Crippen LogP contribution in [0.1, 0.15) is 0 Å². The summed E-state index contributed by atoms with van der Waals surface area (Å²) in [5.41, 5.74) is 0.749. The molecule has 3 aromatic rings. The van der Waals surface area contributed by atoms with Crippen LogP contribution >= 0.6 is 11.3 Å². The van der Waals surface area contributed by atoms with Gasteiger partial charge >= 0.3 is 0 Å². The molecule has 0 saturated carbocycles. The lowest BCUT2D eigenvalue weighted by Gasteiger charge is -2.08. The van der Waals surface area contributed by atoms with Gasteiger partial charge in [0.05, 0.1) is 9.77 Å². The highest BCUT2D eigenvalue weighted by Gasteiger charge is 2.13. The summed E-state index contributed by atoms with van der Waals surface area (Å²) in [6.45, 7) is 0.140. The van der Waals surface area contributed by atoms with E-state index < -0.39 is 15.8 Å². The zero-order valence-electron chi connectivity index (χ0n) is 12.9. The van der Waals surface area contributed by atoms with Crippen molar-refractivity contribution < 1.29 is 17.5 Å². The summed E-state index contributed by atoms with van der Waals surface area (Å²) in [4.78, 5) is 1.00. The quantitative estimate of drug-likeness (QED) is 0.639. The molecule has 2 aromatic heterocycles. The van der Waals surface area contributed by atoms with Gasteiger partial charge in [-0.3, -0.25) is 0 Å². The van der Waals surface area contributed by atoms with Gasteiger partial charge < -0.3 is 4.74 Å². The van der Waals surface area contributed by atoms with E-state index in [9.17, 15) is 12.8 Å². The predicted molar refractivity (Wildman–Crippen MR) is 92.4 cm³/mol. The first-order valence-electron chi connectivity index (χ1n) is 7.30. The second-order valence-electron chi connectivity index (χ2n) is 4.93. The lowest BCUT2D eigenvalue weighted by molar-refractivity contribution is 0.307. The van der Waals surface area contributed by atoms with Gasteiger partial charge in [-0.2, -0.15) is 0 Å². The number of rotatable bonds is 7. The first kappa shape index (κ1) is 17.5. The number of ether oxygens (including phenoxy) is 1. The number of hydrogen-bond donors (Lipinski definition) is 1. The summed E-state index contributed by atoms with van der Waals surface area (Å²) in [5, 5.41) is 9.97. The Kier molecular flexibility index (Phi) is 5.37. The molecule has 0 bridgehead atoms. The fraction of sp³-hybridized carbons (Fsp3) is 0.125. The van der Waals surface area contributed by atoms with E-state index in [4.69, 9.17) is 4.74 Å². The molecule has 25 heavy (non-hydrogen) atoms. The van der Waals surface area contributed by atoms with Crippen molar-refractivity contribution in [1.82, 2.24) is 14.9 Å². The zero-order chi connectivity index (χ0) is 17.7. The average Bonchev–Trinajstić information content (AvgIpc) is 3.14. The van der Waals surface area contributed by atoms with Gasteiger partial charge in [-0.25, -0.2) is 17.5 Å². The van der Waals surface area contributed by atoms with Gasteiger partial charge in [0.15, 0.2) is 0 Å². The molecule has 0 saturated heterocycles. The Morgan fingerprint density at radius 1 is 1.08 bits per heavy atom. The summed E-state index contributed by atoms with van der Waals surface area (Å²) in [7, 11) is -3.70. The van der Waals surface area contributed by atoms with Crippen molar-refractivity contribution in [3.63, 3.8) is 0 Å². The molecule has 6 nitrogen and oxygen atoms in total. The van der Waals surface area contributed by atoms with Crippen LogP contribution in [-0.2, 0) is 10.0 Å². The monoisotopic (exact) mass is 379 g/mol. The van der Waals surface area contributed by atoms with Crippen molar-refractivity contribution in [3.8, 4) is 16.5 Å². The minimum absolute atomic E-state index is 0.00556. The smallest absolute Gasteiger partial charge is 0.240 e. The van der Waals surface area contributed by atoms with Crippen LogP contribution in [0.3, 0.4) is 0 Å². The third-order valence-electron chi connectivity index (χ3n) is 3.18. The van der Waals surface area contributed by atoms with Crippen molar-refractivity contribution in [1.29, 1.82) is 0 Å². The SMILES string of the molecule is O=S(=O)(NCCOc1ccc(-c2cccs2)nn1)c1ccc(F)cc1. The first-order chi connectivity index (χ1) is 12.0. The number of nitrogens with zero attached hydrogens (tertiary/aromatic N) is 2. The normalized spacial score (nSPS) is 11.4. The Morgan fingerprint density at radius 3 is 2.52 bits per heavy atom. The van der Waals surface area contributed by atoms with Crippen LogP contribution < -0.4 is 9.46 Å². The van der Waals surface area contributed by atoms with Crippen molar-refractivity contribution in [2.24, 2.45) is 0 Å². The molecule has 0 aliphatic carbocycles. The lowest BCUT2D eigenvalue weighted by atomic mass is 10.3. The predicted octanol–water partition coefficient (Wildman–Crippen LogP) is 2.70. The number of sulfonamides is 1. The van der Waals surface area contributed by atoms with E-state index in [2.05, 4.69) is 14.9 Å². The van der Waals surface area contributed by atoms with Crippen LogP contribution in [0, 0.1) is 5.82 Å². The summed E-state index contributed by atoms with van der Waals surface area (Å²) >= 11 is 1.56. The molecule has 0 atom stereocenters. The largest absolute Gasteiger partial charge is 0.475 e. The molecule has 130 valence electrons. The van der Waals surface area contributed by atoms with Gasteiger partial charge in [-0.15, -0.1) is 21.5 Å². The van der Waals surface area contributed by atoms with E-state index in [0.717, 1.165) is 22.7 Å². The minimum atomic E-state index is -3.70. The second-order valence-corrected chi connectivity index (χ2v) is 7.65. The number of aromatic nitrogens is 2. The maximum Gasteiger partial charge on any atom is 0.240 e. The van der Waals surface area contributed by atoms with Crippen LogP contribution in [0.4, 0.5) is 4.39 Å². The Hall–Kier alpha value is -2.36. The molecule has 0 unspecified atom stereocenters. The molecule has 0 fully saturated rings. The van der Waals surface area contributed by atoms with Crippen LogP contribution in [0.5, 0.6) is 5.88 Å². The number of hydrogen-bond acceptors (Lipinski definition) is 6. The summed E-state index contributed by atoms with van der Waals surface area (Å²) in [5.74, 6) is -0.187. The average molecular weight is 379 g/mol. The second kappa shape index (κ2) is 7.68. The highest BCUT2D eigenvalue weighted by molar-refractivity contribution is 7.89. The van der Waals surface area contributed by atoms with E-state index in [1.807, 2.05) is 17.5 Å². The maximum atomic E-state index is 12.8. The Balaban J connectivity index is 1.50. The lowest BCUT2D eigenvalue weighted by Crippen LogP contribution is -2.28. The first-order valence-corrected chi connectivity index (χ1v) is 9.66.